The van der Waals surface area contributed by atoms with Crippen molar-refractivity contribution in [3.63, 3.8) is 0 Å². The molecular weight excluding hydrogens is 250 g/mol. The summed E-state index contributed by atoms with van der Waals surface area (Å²) in [6.45, 7) is 10.8. The maximum atomic E-state index is 11.3. The fourth-order valence-electron chi connectivity index (χ4n) is 3.41. The molecule has 0 saturated carbocycles. The van der Waals surface area contributed by atoms with Crippen LogP contribution in [0, 0.1) is 5.92 Å². The maximum absolute atomic E-state index is 11.3. The molecular formula is C16H31N3O. The molecule has 2 rings (SSSR count). The van der Waals surface area contributed by atoms with Crippen LogP contribution < -0.4 is 5.32 Å². The second kappa shape index (κ2) is 7.99. The number of piperidine rings is 2. The molecule has 4 nitrogen and oxygen atoms in total. The van der Waals surface area contributed by atoms with Gasteiger partial charge in [0, 0.05) is 32.6 Å². The second-order valence-electron chi connectivity index (χ2n) is 6.66. The Labute approximate surface area is 123 Å². The van der Waals surface area contributed by atoms with Crippen molar-refractivity contribution in [3.05, 3.63) is 0 Å². The van der Waals surface area contributed by atoms with Gasteiger partial charge in [-0.1, -0.05) is 13.3 Å². The fraction of sp³-hybridized carbons (Fsp3) is 0.938. The zero-order valence-electron chi connectivity index (χ0n) is 13.2. The number of likely N-dealkylation sites (tertiary alicyclic amines) is 2. The van der Waals surface area contributed by atoms with E-state index in [4.69, 9.17) is 0 Å². The number of nitrogens with one attached hydrogen (secondary N) is 1. The van der Waals surface area contributed by atoms with Crippen LogP contribution >= 0.6 is 0 Å². The average Bonchev–Trinajstić information content (AvgIpc) is 2.46. The predicted octanol–water partition coefficient (Wildman–Crippen LogP) is 1.71. The van der Waals surface area contributed by atoms with Crippen molar-refractivity contribution >= 4 is 5.91 Å². The zero-order valence-corrected chi connectivity index (χ0v) is 13.2. The smallest absolute Gasteiger partial charge is 0.219 e. The van der Waals surface area contributed by atoms with E-state index in [1.807, 2.05) is 4.90 Å². The van der Waals surface area contributed by atoms with Crippen LogP contribution in [-0.4, -0.2) is 61.0 Å². The first-order chi connectivity index (χ1) is 9.65. The van der Waals surface area contributed by atoms with Gasteiger partial charge in [-0.25, -0.2) is 0 Å². The SMILES string of the molecule is CC(=O)N1CCC(NCC(C)CN2CCCCC2)CC1. The molecule has 0 aliphatic carbocycles. The van der Waals surface area contributed by atoms with Gasteiger partial charge in [0.15, 0.2) is 0 Å². The van der Waals surface area contributed by atoms with Crippen molar-refractivity contribution < 1.29 is 4.79 Å². The first-order valence-corrected chi connectivity index (χ1v) is 8.36. The van der Waals surface area contributed by atoms with Crippen LogP contribution in [0.4, 0.5) is 0 Å². The van der Waals surface area contributed by atoms with E-state index in [-0.39, 0.29) is 5.91 Å². The van der Waals surface area contributed by atoms with Crippen LogP contribution in [0.2, 0.25) is 0 Å². The highest BCUT2D eigenvalue weighted by Gasteiger charge is 2.21. The number of carbonyl (C=O) groups is 1. The molecule has 0 aromatic heterocycles. The molecule has 2 fully saturated rings. The second-order valence-corrected chi connectivity index (χ2v) is 6.66. The minimum absolute atomic E-state index is 0.224. The number of rotatable bonds is 5. The molecule has 1 atom stereocenters. The molecule has 20 heavy (non-hydrogen) atoms. The number of nitrogens with zero attached hydrogens (tertiary/aromatic N) is 2. The molecule has 0 aromatic carbocycles. The van der Waals surface area contributed by atoms with Gasteiger partial charge in [-0.3, -0.25) is 4.79 Å². The van der Waals surface area contributed by atoms with Crippen molar-refractivity contribution in [2.24, 2.45) is 5.92 Å². The van der Waals surface area contributed by atoms with Gasteiger partial charge in [-0.2, -0.15) is 0 Å². The summed E-state index contributed by atoms with van der Waals surface area (Å²) in [5.41, 5.74) is 0. The third kappa shape index (κ3) is 5.06. The Kier molecular flexibility index (Phi) is 6.30. The van der Waals surface area contributed by atoms with Gasteiger partial charge >= 0.3 is 0 Å². The van der Waals surface area contributed by atoms with Gasteiger partial charge < -0.3 is 15.1 Å². The topological polar surface area (TPSA) is 35.6 Å². The van der Waals surface area contributed by atoms with E-state index in [0.29, 0.717) is 6.04 Å². The third-order valence-corrected chi connectivity index (χ3v) is 4.71. The highest BCUT2D eigenvalue weighted by molar-refractivity contribution is 5.73. The lowest BCUT2D eigenvalue weighted by molar-refractivity contribution is -0.129. The molecule has 2 saturated heterocycles. The Morgan fingerprint density at radius 1 is 1.15 bits per heavy atom. The van der Waals surface area contributed by atoms with Gasteiger partial charge in [0.2, 0.25) is 5.91 Å². The van der Waals surface area contributed by atoms with Gasteiger partial charge in [0.1, 0.15) is 0 Å². The van der Waals surface area contributed by atoms with Crippen LogP contribution in [0.1, 0.15) is 46.0 Å². The Morgan fingerprint density at radius 2 is 1.80 bits per heavy atom. The summed E-state index contributed by atoms with van der Waals surface area (Å²) >= 11 is 0. The number of hydrogen-bond donors (Lipinski definition) is 1. The first-order valence-electron chi connectivity index (χ1n) is 8.36. The minimum Gasteiger partial charge on any atom is -0.343 e. The van der Waals surface area contributed by atoms with Gasteiger partial charge in [0.05, 0.1) is 0 Å². The van der Waals surface area contributed by atoms with Crippen LogP contribution in [0.3, 0.4) is 0 Å². The van der Waals surface area contributed by atoms with Crippen molar-refractivity contribution in [2.75, 3.05) is 39.3 Å². The molecule has 0 radical (unpaired) electrons. The Bertz CT molecular complexity index is 294. The minimum atomic E-state index is 0.224. The molecule has 2 aliphatic rings. The number of hydrogen-bond acceptors (Lipinski definition) is 3. The van der Waals surface area contributed by atoms with Crippen molar-refractivity contribution in [3.8, 4) is 0 Å². The lowest BCUT2D eigenvalue weighted by Gasteiger charge is -2.33. The highest BCUT2D eigenvalue weighted by atomic mass is 16.2. The molecule has 0 bridgehead atoms. The van der Waals surface area contributed by atoms with E-state index < -0.39 is 0 Å². The molecule has 1 unspecified atom stereocenters. The monoisotopic (exact) mass is 281 g/mol. The summed E-state index contributed by atoms with van der Waals surface area (Å²) in [5.74, 6) is 0.945. The fourth-order valence-corrected chi connectivity index (χ4v) is 3.41. The number of amides is 1. The van der Waals surface area contributed by atoms with Crippen molar-refractivity contribution in [2.45, 2.75) is 52.0 Å². The average molecular weight is 281 g/mol. The molecule has 2 aliphatic heterocycles. The van der Waals surface area contributed by atoms with E-state index in [9.17, 15) is 4.79 Å². The predicted molar refractivity (Wildman–Crippen MR) is 82.7 cm³/mol. The normalized spacial score (nSPS) is 23.8. The van der Waals surface area contributed by atoms with Gasteiger partial charge in [-0.05, 0) is 51.2 Å². The lowest BCUT2D eigenvalue weighted by Crippen LogP contribution is -2.46. The Hall–Kier alpha value is -0.610. The van der Waals surface area contributed by atoms with E-state index in [2.05, 4.69) is 17.1 Å². The van der Waals surface area contributed by atoms with Crippen LogP contribution in [0.5, 0.6) is 0 Å². The molecule has 1 amide bonds. The van der Waals surface area contributed by atoms with E-state index in [1.54, 1.807) is 6.92 Å². The standard InChI is InChI=1S/C16H31N3O/c1-14(13-18-8-4-3-5-9-18)12-17-16-6-10-19(11-7-16)15(2)20/h14,16-17H,3-13H2,1-2H3. The summed E-state index contributed by atoms with van der Waals surface area (Å²) in [4.78, 5) is 15.9. The van der Waals surface area contributed by atoms with Crippen LogP contribution in [0.25, 0.3) is 0 Å². The quantitative estimate of drug-likeness (QED) is 0.833. The van der Waals surface area contributed by atoms with Crippen molar-refractivity contribution in [1.82, 2.24) is 15.1 Å². The Morgan fingerprint density at radius 3 is 2.40 bits per heavy atom. The summed E-state index contributed by atoms with van der Waals surface area (Å²) in [6.07, 6.45) is 6.39. The highest BCUT2D eigenvalue weighted by Crippen LogP contribution is 2.13. The summed E-state index contributed by atoms with van der Waals surface area (Å²) < 4.78 is 0. The third-order valence-electron chi connectivity index (χ3n) is 4.71. The summed E-state index contributed by atoms with van der Waals surface area (Å²) in [6, 6.07) is 0.606. The summed E-state index contributed by atoms with van der Waals surface area (Å²) in [7, 11) is 0. The zero-order chi connectivity index (χ0) is 14.4. The molecule has 0 spiro atoms. The Balaban J connectivity index is 1.59. The van der Waals surface area contributed by atoms with E-state index in [0.717, 1.165) is 38.4 Å². The van der Waals surface area contributed by atoms with Crippen LogP contribution in [0.15, 0.2) is 0 Å². The van der Waals surface area contributed by atoms with Crippen LogP contribution in [-0.2, 0) is 4.79 Å². The van der Waals surface area contributed by atoms with E-state index in [1.165, 1.54) is 38.9 Å². The molecule has 1 N–H and O–H groups in total. The largest absolute Gasteiger partial charge is 0.343 e. The molecule has 0 aromatic rings. The maximum Gasteiger partial charge on any atom is 0.219 e. The van der Waals surface area contributed by atoms with Gasteiger partial charge in [0.25, 0.3) is 0 Å². The lowest BCUT2D eigenvalue weighted by atomic mass is 10.0. The first kappa shape index (κ1) is 15.8. The van der Waals surface area contributed by atoms with E-state index >= 15 is 0 Å². The van der Waals surface area contributed by atoms with Crippen molar-refractivity contribution in [1.29, 1.82) is 0 Å². The number of carbonyl (C=O) groups excluding carboxylic acids is 1. The molecule has 2 heterocycles. The summed E-state index contributed by atoms with van der Waals surface area (Å²) in [5, 5.41) is 3.71. The molecule has 4 heteroatoms. The molecule has 116 valence electrons. The van der Waals surface area contributed by atoms with Gasteiger partial charge in [-0.15, -0.1) is 0 Å².